The fourth-order valence-corrected chi connectivity index (χ4v) is 4.07. The van der Waals surface area contributed by atoms with Crippen LogP contribution in [0.3, 0.4) is 0 Å². The zero-order valence-electron chi connectivity index (χ0n) is 14.7. The molecule has 2 rings (SSSR count). The maximum atomic E-state index is 5.99. The van der Waals surface area contributed by atoms with Crippen molar-refractivity contribution in [2.24, 2.45) is 10.4 Å². The highest BCUT2D eigenvalue weighted by atomic mass is 16.5. The van der Waals surface area contributed by atoms with E-state index in [2.05, 4.69) is 36.4 Å². The van der Waals surface area contributed by atoms with Gasteiger partial charge in [0, 0.05) is 37.8 Å². The molecule has 0 bridgehead atoms. The highest BCUT2D eigenvalue weighted by Crippen LogP contribution is 2.54. The van der Waals surface area contributed by atoms with Crippen molar-refractivity contribution in [1.82, 2.24) is 10.6 Å². The molecule has 0 heterocycles. The van der Waals surface area contributed by atoms with Gasteiger partial charge in [-0.25, -0.2) is 0 Å². The van der Waals surface area contributed by atoms with Crippen molar-refractivity contribution in [1.29, 1.82) is 0 Å². The van der Waals surface area contributed by atoms with Crippen molar-refractivity contribution in [3.8, 4) is 0 Å². The summed E-state index contributed by atoms with van der Waals surface area (Å²) < 4.78 is 11.2. The first-order chi connectivity index (χ1) is 10.7. The average molecular weight is 311 g/mol. The minimum atomic E-state index is 0.255. The lowest BCUT2D eigenvalue weighted by atomic mass is 9.60. The van der Waals surface area contributed by atoms with Gasteiger partial charge in [-0.2, -0.15) is 0 Å². The average Bonchev–Trinajstić information content (AvgIpc) is 2.99. The molecule has 0 radical (unpaired) electrons. The van der Waals surface area contributed by atoms with Gasteiger partial charge in [0.05, 0.1) is 12.7 Å². The van der Waals surface area contributed by atoms with Crippen molar-refractivity contribution >= 4 is 5.96 Å². The molecule has 22 heavy (non-hydrogen) atoms. The molecule has 0 aromatic carbocycles. The summed E-state index contributed by atoms with van der Waals surface area (Å²) in [5.41, 5.74) is 0.330. The van der Waals surface area contributed by atoms with E-state index in [4.69, 9.17) is 9.47 Å². The standard InChI is InChI=1S/C17H33N3O2/c1-5-18-16(19-13(3)12-21-4)20-14-11-15(22-6-2)17(14)9-7-8-10-17/h13-15H,5-12H2,1-4H3,(H2,18,19,20). The second-order valence-corrected chi connectivity index (χ2v) is 6.64. The van der Waals surface area contributed by atoms with Crippen LogP contribution in [-0.4, -0.2) is 51.0 Å². The number of ether oxygens (including phenoxy) is 2. The monoisotopic (exact) mass is 311 g/mol. The topological polar surface area (TPSA) is 54.9 Å². The molecule has 2 fully saturated rings. The maximum Gasteiger partial charge on any atom is 0.191 e. The Balaban J connectivity index is 1.96. The lowest BCUT2D eigenvalue weighted by Gasteiger charge is -2.54. The number of nitrogens with one attached hydrogen (secondary N) is 2. The fourth-order valence-electron chi connectivity index (χ4n) is 4.07. The van der Waals surface area contributed by atoms with Crippen LogP contribution in [0.25, 0.3) is 0 Å². The Morgan fingerprint density at radius 3 is 2.64 bits per heavy atom. The molecule has 2 N–H and O–H groups in total. The van der Waals surface area contributed by atoms with Gasteiger partial charge >= 0.3 is 0 Å². The van der Waals surface area contributed by atoms with Crippen LogP contribution in [0, 0.1) is 5.41 Å². The summed E-state index contributed by atoms with van der Waals surface area (Å²) in [7, 11) is 1.73. The van der Waals surface area contributed by atoms with E-state index in [0.717, 1.165) is 25.5 Å². The number of nitrogens with zero attached hydrogens (tertiary/aromatic N) is 1. The summed E-state index contributed by atoms with van der Waals surface area (Å²) >= 11 is 0. The van der Waals surface area contributed by atoms with Crippen molar-refractivity contribution in [2.75, 3.05) is 26.9 Å². The number of hydrogen-bond acceptors (Lipinski definition) is 3. The zero-order chi connectivity index (χ0) is 16.0. The molecule has 2 saturated carbocycles. The highest BCUT2D eigenvalue weighted by molar-refractivity contribution is 5.80. The smallest absolute Gasteiger partial charge is 0.191 e. The second kappa shape index (κ2) is 8.16. The van der Waals surface area contributed by atoms with Gasteiger partial charge in [-0.3, -0.25) is 4.99 Å². The van der Waals surface area contributed by atoms with E-state index in [0.29, 0.717) is 24.2 Å². The van der Waals surface area contributed by atoms with Crippen LogP contribution >= 0.6 is 0 Å². The van der Waals surface area contributed by atoms with Gasteiger partial charge in [-0.15, -0.1) is 0 Å². The molecule has 1 spiro atoms. The van der Waals surface area contributed by atoms with Crippen molar-refractivity contribution in [3.63, 3.8) is 0 Å². The predicted octanol–water partition coefficient (Wildman–Crippen LogP) is 2.31. The Labute approximate surface area is 135 Å². The molecule has 0 aromatic heterocycles. The van der Waals surface area contributed by atoms with Gasteiger partial charge in [0.1, 0.15) is 0 Å². The predicted molar refractivity (Wildman–Crippen MR) is 90.3 cm³/mol. The molecule has 0 amide bonds. The Hall–Kier alpha value is -0.810. The first-order valence-corrected chi connectivity index (χ1v) is 8.84. The summed E-state index contributed by atoms with van der Waals surface area (Å²) in [4.78, 5) is 4.59. The molecule has 128 valence electrons. The van der Waals surface area contributed by atoms with Crippen molar-refractivity contribution in [2.45, 2.75) is 71.1 Å². The SMILES string of the molecule is CCN=C(NC(C)COC)NC1CC(OCC)C12CCCC2. The Bertz CT molecular complexity index is 367. The molecular formula is C17H33N3O2. The van der Waals surface area contributed by atoms with Crippen LogP contribution < -0.4 is 10.6 Å². The third-order valence-electron chi connectivity index (χ3n) is 5.11. The molecule has 5 heteroatoms. The van der Waals surface area contributed by atoms with E-state index in [9.17, 15) is 0 Å². The number of aliphatic imine (C=N–C) groups is 1. The fraction of sp³-hybridized carbons (Fsp3) is 0.941. The number of guanidine groups is 1. The maximum absolute atomic E-state index is 5.99. The number of rotatable bonds is 7. The Morgan fingerprint density at radius 1 is 1.32 bits per heavy atom. The van der Waals surface area contributed by atoms with Crippen LogP contribution in [-0.2, 0) is 9.47 Å². The van der Waals surface area contributed by atoms with Crippen molar-refractivity contribution in [3.05, 3.63) is 0 Å². The van der Waals surface area contributed by atoms with E-state index >= 15 is 0 Å². The summed E-state index contributed by atoms with van der Waals surface area (Å²) in [6.45, 7) is 8.57. The lowest BCUT2D eigenvalue weighted by molar-refractivity contribution is -0.125. The van der Waals surface area contributed by atoms with Crippen LogP contribution in [0.2, 0.25) is 0 Å². The molecule has 5 nitrogen and oxygen atoms in total. The van der Waals surface area contributed by atoms with Gasteiger partial charge in [-0.05, 0) is 40.0 Å². The summed E-state index contributed by atoms with van der Waals surface area (Å²) in [6.07, 6.45) is 6.74. The van der Waals surface area contributed by atoms with Gasteiger partial charge in [0.15, 0.2) is 5.96 Å². The molecule has 2 aliphatic rings. The van der Waals surface area contributed by atoms with Gasteiger partial charge < -0.3 is 20.1 Å². The first-order valence-electron chi connectivity index (χ1n) is 8.84. The van der Waals surface area contributed by atoms with E-state index < -0.39 is 0 Å². The molecule has 3 atom stereocenters. The number of hydrogen-bond donors (Lipinski definition) is 2. The van der Waals surface area contributed by atoms with Crippen LogP contribution in [0.1, 0.15) is 52.9 Å². The first kappa shape index (κ1) is 17.5. The summed E-state index contributed by atoms with van der Waals surface area (Å²) in [5, 5.41) is 7.11. The molecule has 2 aliphatic carbocycles. The van der Waals surface area contributed by atoms with Crippen LogP contribution in [0.15, 0.2) is 4.99 Å². The molecule has 0 aliphatic heterocycles. The van der Waals surface area contributed by atoms with Gasteiger partial charge in [-0.1, -0.05) is 12.8 Å². The third-order valence-corrected chi connectivity index (χ3v) is 5.11. The summed E-state index contributed by atoms with van der Waals surface area (Å²) in [6, 6.07) is 0.740. The van der Waals surface area contributed by atoms with Gasteiger partial charge in [0.2, 0.25) is 0 Å². The van der Waals surface area contributed by atoms with Crippen LogP contribution in [0.4, 0.5) is 0 Å². The summed E-state index contributed by atoms with van der Waals surface area (Å²) in [5.74, 6) is 0.915. The zero-order valence-corrected chi connectivity index (χ0v) is 14.7. The van der Waals surface area contributed by atoms with Gasteiger partial charge in [0.25, 0.3) is 0 Å². The third kappa shape index (κ3) is 3.74. The quantitative estimate of drug-likeness (QED) is 0.560. The normalized spacial score (nSPS) is 28.5. The van der Waals surface area contributed by atoms with Crippen LogP contribution in [0.5, 0.6) is 0 Å². The van der Waals surface area contributed by atoms with E-state index in [1.807, 2.05) is 0 Å². The Morgan fingerprint density at radius 2 is 2.05 bits per heavy atom. The molecule has 0 saturated heterocycles. The van der Waals surface area contributed by atoms with Crippen molar-refractivity contribution < 1.29 is 9.47 Å². The molecular weight excluding hydrogens is 278 g/mol. The minimum Gasteiger partial charge on any atom is -0.383 e. The Kier molecular flexibility index (Phi) is 6.50. The largest absolute Gasteiger partial charge is 0.383 e. The molecule has 3 unspecified atom stereocenters. The second-order valence-electron chi connectivity index (χ2n) is 6.64. The highest BCUT2D eigenvalue weighted by Gasteiger charge is 2.56. The lowest BCUT2D eigenvalue weighted by Crippen LogP contribution is -2.65. The van der Waals surface area contributed by atoms with E-state index in [1.54, 1.807) is 7.11 Å². The minimum absolute atomic E-state index is 0.255. The molecule has 0 aromatic rings. The van der Waals surface area contributed by atoms with E-state index in [1.165, 1.54) is 25.7 Å². The van der Waals surface area contributed by atoms with E-state index in [-0.39, 0.29) is 6.04 Å². The number of methoxy groups -OCH3 is 1.